The Labute approximate surface area is 79.6 Å². The first kappa shape index (κ1) is 8.31. The third kappa shape index (κ3) is 1.44. The van der Waals surface area contributed by atoms with Gasteiger partial charge in [-0.05, 0) is 43.0 Å². The van der Waals surface area contributed by atoms with Crippen LogP contribution in [-0.4, -0.2) is 0 Å². The first-order valence-corrected chi connectivity index (χ1v) is 4.64. The lowest BCUT2D eigenvalue weighted by Gasteiger charge is -1.94. The Morgan fingerprint density at radius 1 is 0.769 bits per heavy atom. The zero-order valence-electron chi connectivity index (χ0n) is 8.39. The predicted molar refractivity (Wildman–Crippen MR) is 57.3 cm³/mol. The Hall–Kier alpha value is -1.30. The number of hydrogen-bond acceptors (Lipinski definition) is 0. The number of rotatable bonds is 0. The van der Waals surface area contributed by atoms with Crippen LogP contribution in [0.5, 0.6) is 0 Å². The van der Waals surface area contributed by atoms with Crippen molar-refractivity contribution in [3.63, 3.8) is 0 Å². The van der Waals surface area contributed by atoms with E-state index < -0.39 is 0 Å². The molecule has 0 fully saturated rings. The first-order chi connectivity index (χ1) is 6.16. The van der Waals surface area contributed by atoms with Crippen LogP contribution in [-0.2, 0) is 0 Å². The third-order valence-corrected chi connectivity index (χ3v) is 2.46. The van der Waals surface area contributed by atoms with Gasteiger partial charge in [0.15, 0.2) is 0 Å². The highest BCUT2D eigenvalue weighted by Gasteiger charge is 2.05. The minimum absolute atomic E-state index is 1.33. The van der Waals surface area contributed by atoms with Gasteiger partial charge >= 0.3 is 0 Å². The van der Waals surface area contributed by atoms with Crippen LogP contribution in [0, 0.1) is 20.8 Å². The fourth-order valence-electron chi connectivity index (χ4n) is 1.84. The van der Waals surface area contributed by atoms with E-state index in [0.29, 0.717) is 0 Å². The molecular weight excluding hydrogens is 156 g/mol. The smallest absolute Gasteiger partial charge is 0.0152 e. The lowest BCUT2D eigenvalue weighted by molar-refractivity contribution is 1.44. The predicted octanol–water partition coefficient (Wildman–Crippen LogP) is 3.72. The van der Waals surface area contributed by atoms with Gasteiger partial charge in [-0.15, -0.1) is 0 Å². The summed E-state index contributed by atoms with van der Waals surface area (Å²) >= 11 is 0. The molecule has 2 aliphatic carbocycles. The molecule has 0 aromatic carbocycles. The monoisotopic (exact) mass is 170 g/mol. The molecule has 0 amide bonds. The average Bonchev–Trinajstić information content (AvgIpc) is 2.38. The van der Waals surface area contributed by atoms with Gasteiger partial charge < -0.3 is 0 Å². The molecule has 0 nitrogen and oxygen atoms in total. The van der Waals surface area contributed by atoms with Crippen molar-refractivity contribution in [3.05, 3.63) is 47.0 Å². The first-order valence-electron chi connectivity index (χ1n) is 4.64. The molecule has 0 unspecified atom stereocenters. The topological polar surface area (TPSA) is 0 Å². The molecule has 0 N–H and O–H groups in total. The van der Waals surface area contributed by atoms with Crippen molar-refractivity contribution in [2.45, 2.75) is 20.8 Å². The zero-order chi connectivity index (χ0) is 9.42. The zero-order valence-corrected chi connectivity index (χ0v) is 8.39. The summed E-state index contributed by atoms with van der Waals surface area (Å²) in [4.78, 5) is 0. The molecule has 0 aromatic heterocycles. The molecule has 0 spiro atoms. The van der Waals surface area contributed by atoms with Gasteiger partial charge in [0.25, 0.3) is 0 Å². The van der Waals surface area contributed by atoms with Crippen molar-refractivity contribution in [2.75, 3.05) is 0 Å². The summed E-state index contributed by atoms with van der Waals surface area (Å²) in [6.07, 6.45) is 0. The van der Waals surface area contributed by atoms with Crippen LogP contribution in [0.1, 0.15) is 16.7 Å². The maximum absolute atomic E-state index is 2.25. The highest BCUT2D eigenvalue weighted by atomic mass is 14.1. The van der Waals surface area contributed by atoms with Gasteiger partial charge in [0.05, 0.1) is 0 Å². The lowest BCUT2D eigenvalue weighted by atomic mass is 10.1. The Kier molecular flexibility index (Phi) is 1.84. The van der Waals surface area contributed by atoms with Gasteiger partial charge in [-0.25, -0.2) is 0 Å². The van der Waals surface area contributed by atoms with Crippen LogP contribution in [0.3, 0.4) is 0 Å². The molecule has 0 saturated carbocycles. The fraction of sp³-hybridized carbons (Fsp3) is 0.231. The number of hydrogen-bond donors (Lipinski definition) is 0. The largest absolute Gasteiger partial charge is 0.0587 e. The third-order valence-electron chi connectivity index (χ3n) is 2.46. The highest BCUT2D eigenvalue weighted by Crippen LogP contribution is 2.28. The minimum Gasteiger partial charge on any atom is -0.0587 e. The van der Waals surface area contributed by atoms with E-state index in [0.717, 1.165) is 0 Å². The SMILES string of the molecule is Cc1ccc2cc(C)cc-2c(C)c1. The summed E-state index contributed by atoms with van der Waals surface area (Å²) in [6, 6.07) is 11.1. The second-order valence-corrected chi connectivity index (χ2v) is 3.81. The standard InChI is InChI=1S/C13H14/c1-9-4-5-12-7-10(2)8-13(12)11(3)6-9/h4-8H,1-3H3. The number of fused-ring (bicyclic) bond motifs is 1. The van der Waals surface area contributed by atoms with Gasteiger partial charge in [0.2, 0.25) is 0 Å². The van der Waals surface area contributed by atoms with E-state index in [2.05, 4.69) is 51.1 Å². The van der Waals surface area contributed by atoms with Gasteiger partial charge in [0, 0.05) is 0 Å². The Morgan fingerprint density at radius 3 is 2.31 bits per heavy atom. The van der Waals surface area contributed by atoms with Crippen molar-refractivity contribution >= 4 is 0 Å². The van der Waals surface area contributed by atoms with E-state index in [1.165, 1.54) is 27.8 Å². The van der Waals surface area contributed by atoms with E-state index in [1.54, 1.807) is 0 Å². The van der Waals surface area contributed by atoms with E-state index in [9.17, 15) is 0 Å². The molecular formula is C13H14. The van der Waals surface area contributed by atoms with Crippen molar-refractivity contribution < 1.29 is 0 Å². The van der Waals surface area contributed by atoms with Gasteiger partial charge in [-0.3, -0.25) is 0 Å². The molecule has 2 rings (SSSR count). The minimum atomic E-state index is 1.33. The van der Waals surface area contributed by atoms with Crippen LogP contribution in [0.15, 0.2) is 30.3 Å². The highest BCUT2D eigenvalue weighted by molar-refractivity contribution is 5.71. The van der Waals surface area contributed by atoms with Crippen molar-refractivity contribution in [1.29, 1.82) is 0 Å². The van der Waals surface area contributed by atoms with Crippen molar-refractivity contribution in [1.82, 2.24) is 0 Å². The molecule has 0 bridgehead atoms. The van der Waals surface area contributed by atoms with Gasteiger partial charge in [-0.1, -0.05) is 35.9 Å². The summed E-state index contributed by atoms with van der Waals surface area (Å²) in [5.74, 6) is 0. The van der Waals surface area contributed by atoms with Crippen LogP contribution < -0.4 is 0 Å². The normalized spacial score (nSPS) is 10.7. The van der Waals surface area contributed by atoms with Crippen LogP contribution in [0.2, 0.25) is 0 Å². The summed E-state index contributed by atoms with van der Waals surface area (Å²) in [6.45, 7) is 6.46. The molecule has 2 aliphatic rings. The molecule has 66 valence electrons. The second-order valence-electron chi connectivity index (χ2n) is 3.81. The van der Waals surface area contributed by atoms with E-state index in [4.69, 9.17) is 0 Å². The maximum atomic E-state index is 2.25. The lowest BCUT2D eigenvalue weighted by Crippen LogP contribution is -1.71. The summed E-state index contributed by atoms with van der Waals surface area (Å²) < 4.78 is 0. The molecule has 0 heterocycles. The summed E-state index contributed by atoms with van der Waals surface area (Å²) in [7, 11) is 0. The number of aryl methyl sites for hydroxylation is 3. The molecule has 0 aromatic rings. The van der Waals surface area contributed by atoms with Gasteiger partial charge in [0.1, 0.15) is 0 Å². The van der Waals surface area contributed by atoms with Crippen molar-refractivity contribution in [2.24, 2.45) is 0 Å². The molecule has 0 atom stereocenters. The van der Waals surface area contributed by atoms with Crippen LogP contribution in [0.4, 0.5) is 0 Å². The summed E-state index contributed by atoms with van der Waals surface area (Å²) in [5, 5.41) is 0. The van der Waals surface area contributed by atoms with E-state index in [1.807, 2.05) is 0 Å². The fourth-order valence-corrected chi connectivity index (χ4v) is 1.84. The van der Waals surface area contributed by atoms with E-state index in [-0.39, 0.29) is 0 Å². The summed E-state index contributed by atoms with van der Waals surface area (Å²) in [5.41, 5.74) is 6.77. The second kappa shape index (κ2) is 2.88. The van der Waals surface area contributed by atoms with E-state index >= 15 is 0 Å². The Balaban J connectivity index is 2.78. The molecule has 0 radical (unpaired) electrons. The molecule has 0 saturated heterocycles. The quantitative estimate of drug-likeness (QED) is 0.565. The average molecular weight is 170 g/mol. The Bertz CT molecular complexity index is 413. The van der Waals surface area contributed by atoms with Crippen LogP contribution in [0.25, 0.3) is 11.1 Å². The molecule has 13 heavy (non-hydrogen) atoms. The molecule has 0 heteroatoms. The molecule has 0 aliphatic heterocycles. The Morgan fingerprint density at radius 2 is 1.54 bits per heavy atom. The maximum Gasteiger partial charge on any atom is -0.0152 e. The van der Waals surface area contributed by atoms with Crippen molar-refractivity contribution in [3.8, 4) is 11.1 Å². The van der Waals surface area contributed by atoms with Crippen LogP contribution >= 0.6 is 0 Å². The van der Waals surface area contributed by atoms with Gasteiger partial charge in [-0.2, -0.15) is 0 Å².